The predicted molar refractivity (Wildman–Crippen MR) is 93.3 cm³/mol. The summed E-state index contributed by atoms with van der Waals surface area (Å²) in [5, 5.41) is 11.3. The number of nitro benzene ring substituents is 1. The van der Waals surface area contributed by atoms with Crippen LogP contribution in [-0.2, 0) is 4.74 Å². The van der Waals surface area contributed by atoms with E-state index in [0.29, 0.717) is 24.1 Å². The number of carbonyl (C=O) groups excluding carboxylic acids is 1. The zero-order valence-electron chi connectivity index (χ0n) is 14.8. The van der Waals surface area contributed by atoms with Crippen molar-refractivity contribution in [2.24, 2.45) is 0 Å². The Morgan fingerprint density at radius 1 is 1.28 bits per heavy atom. The first kappa shape index (κ1) is 16.1. The third kappa shape index (κ3) is 1.99. The summed E-state index contributed by atoms with van der Waals surface area (Å²) in [6.45, 7) is 12.4. The van der Waals surface area contributed by atoms with Crippen molar-refractivity contribution in [3.8, 4) is 0 Å². The van der Waals surface area contributed by atoms with Crippen LogP contribution in [0.2, 0.25) is 0 Å². The summed E-state index contributed by atoms with van der Waals surface area (Å²) in [6, 6.07) is 2.91. The Morgan fingerprint density at radius 2 is 1.92 bits per heavy atom. The van der Waals surface area contributed by atoms with E-state index in [4.69, 9.17) is 4.74 Å². The van der Waals surface area contributed by atoms with Crippen molar-refractivity contribution < 1.29 is 14.5 Å². The molecule has 0 aliphatic carbocycles. The Bertz CT molecular complexity index is 843. The molecule has 0 unspecified atom stereocenters. The highest BCUT2D eigenvalue weighted by Gasteiger charge is 2.60. The number of anilines is 1. The molecule has 1 fully saturated rings. The Morgan fingerprint density at radius 3 is 2.56 bits per heavy atom. The van der Waals surface area contributed by atoms with Crippen LogP contribution in [0.4, 0.5) is 11.4 Å². The van der Waals surface area contributed by atoms with Gasteiger partial charge in [0.2, 0.25) is 0 Å². The number of ether oxygens (including phenoxy) is 1. The highest BCUT2D eigenvalue weighted by Crippen LogP contribution is 2.51. The second kappa shape index (κ2) is 4.60. The number of nitro groups is 1. The van der Waals surface area contributed by atoms with Gasteiger partial charge in [-0.05, 0) is 39.7 Å². The predicted octanol–water partition coefficient (Wildman–Crippen LogP) is 3.14. The Balaban J connectivity index is 2.02. The smallest absolute Gasteiger partial charge is 0.270 e. The molecule has 7 heteroatoms. The zero-order valence-corrected chi connectivity index (χ0v) is 14.8. The topological polar surface area (TPSA) is 75.9 Å². The van der Waals surface area contributed by atoms with Gasteiger partial charge in [-0.2, -0.15) is 0 Å². The molecule has 0 spiro atoms. The second-order valence-electron chi connectivity index (χ2n) is 7.89. The van der Waals surface area contributed by atoms with Crippen LogP contribution in [0.5, 0.6) is 0 Å². The molecular weight excluding hydrogens is 322 g/mol. The largest absolute Gasteiger partial charge is 0.347 e. The number of benzene rings is 1. The van der Waals surface area contributed by atoms with E-state index in [1.165, 1.54) is 12.1 Å². The minimum atomic E-state index is -0.790. The van der Waals surface area contributed by atoms with E-state index in [1.54, 1.807) is 4.90 Å². The number of rotatable bonds is 1. The molecule has 3 heterocycles. The standard InChI is InChI=1S/C18H21N3O4/c1-10-6-7-19-14-12(10)8-11(21(23)24)9-13(14)15(22)20-16(19)17(2,3)25-18(20,4)5/h8-9,16H,1,6-7H2,2-5H3/t16-/m0/s1. The third-order valence-electron chi connectivity index (χ3n) is 5.33. The van der Waals surface area contributed by atoms with Gasteiger partial charge >= 0.3 is 0 Å². The molecule has 1 aromatic rings. The molecule has 0 radical (unpaired) electrons. The number of nitrogens with zero attached hydrogens (tertiary/aromatic N) is 3. The lowest BCUT2D eigenvalue weighted by Gasteiger charge is -2.49. The summed E-state index contributed by atoms with van der Waals surface area (Å²) in [5.41, 5.74) is 1.20. The van der Waals surface area contributed by atoms with E-state index in [0.717, 1.165) is 11.3 Å². The first-order valence-electron chi connectivity index (χ1n) is 8.36. The van der Waals surface area contributed by atoms with Crippen molar-refractivity contribution in [2.45, 2.75) is 51.6 Å². The van der Waals surface area contributed by atoms with Crippen LogP contribution in [0.3, 0.4) is 0 Å². The monoisotopic (exact) mass is 343 g/mol. The fraction of sp³-hybridized carbons (Fsp3) is 0.500. The van der Waals surface area contributed by atoms with Crippen molar-refractivity contribution in [1.29, 1.82) is 0 Å². The quantitative estimate of drug-likeness (QED) is 0.578. The molecular formula is C18H21N3O4. The Labute approximate surface area is 146 Å². The second-order valence-corrected chi connectivity index (χ2v) is 7.89. The first-order valence-corrected chi connectivity index (χ1v) is 8.36. The van der Waals surface area contributed by atoms with Gasteiger partial charge in [0.1, 0.15) is 17.5 Å². The van der Waals surface area contributed by atoms with Crippen molar-refractivity contribution in [2.75, 3.05) is 11.4 Å². The van der Waals surface area contributed by atoms with E-state index in [2.05, 4.69) is 11.5 Å². The number of hydrogen-bond donors (Lipinski definition) is 0. The van der Waals surface area contributed by atoms with Gasteiger partial charge in [-0.1, -0.05) is 6.58 Å². The zero-order chi connectivity index (χ0) is 18.3. The summed E-state index contributed by atoms with van der Waals surface area (Å²) < 4.78 is 6.19. The van der Waals surface area contributed by atoms with Gasteiger partial charge in [0.25, 0.3) is 11.6 Å². The summed E-state index contributed by atoms with van der Waals surface area (Å²) in [7, 11) is 0. The highest BCUT2D eigenvalue weighted by molar-refractivity contribution is 6.06. The van der Waals surface area contributed by atoms with Gasteiger partial charge in [-0.3, -0.25) is 19.8 Å². The maximum atomic E-state index is 13.3. The van der Waals surface area contributed by atoms with E-state index < -0.39 is 16.2 Å². The van der Waals surface area contributed by atoms with Crippen LogP contribution >= 0.6 is 0 Å². The van der Waals surface area contributed by atoms with E-state index in [-0.39, 0.29) is 17.8 Å². The molecule has 0 saturated carbocycles. The normalized spacial score (nSPS) is 25.7. The molecule has 1 saturated heterocycles. The molecule has 3 aliphatic heterocycles. The number of hydrogen-bond acceptors (Lipinski definition) is 5. The maximum Gasteiger partial charge on any atom is 0.270 e. The van der Waals surface area contributed by atoms with Crippen LogP contribution in [0.15, 0.2) is 18.7 Å². The molecule has 4 rings (SSSR count). The fourth-order valence-electron chi connectivity index (χ4n) is 4.56. The van der Waals surface area contributed by atoms with E-state index >= 15 is 0 Å². The van der Waals surface area contributed by atoms with Crippen molar-refractivity contribution in [1.82, 2.24) is 4.90 Å². The SMILES string of the molecule is C=C1CCN2c3c1cc([N+](=O)[O-])cc3C(=O)N1[C@H]2C(C)(C)OC1(C)C. The van der Waals surface area contributed by atoms with E-state index in [1.807, 2.05) is 27.7 Å². The number of carbonyl (C=O) groups is 1. The first-order chi connectivity index (χ1) is 11.5. The van der Waals surface area contributed by atoms with E-state index in [9.17, 15) is 14.9 Å². The fourth-order valence-corrected chi connectivity index (χ4v) is 4.56. The number of non-ortho nitro benzene ring substituents is 1. The summed E-state index contributed by atoms with van der Waals surface area (Å²) in [5.74, 6) is -0.230. The molecule has 0 N–H and O–H groups in total. The summed E-state index contributed by atoms with van der Waals surface area (Å²) >= 11 is 0. The van der Waals surface area contributed by atoms with Crippen LogP contribution in [0.1, 0.15) is 50.0 Å². The summed E-state index contributed by atoms with van der Waals surface area (Å²) in [6.07, 6.45) is 0.443. The highest BCUT2D eigenvalue weighted by atomic mass is 16.6. The average molecular weight is 343 g/mol. The van der Waals surface area contributed by atoms with Gasteiger partial charge in [-0.25, -0.2) is 0 Å². The average Bonchev–Trinajstić information content (AvgIpc) is 2.70. The Hall–Kier alpha value is -2.41. The van der Waals surface area contributed by atoms with Gasteiger partial charge in [-0.15, -0.1) is 0 Å². The molecule has 7 nitrogen and oxygen atoms in total. The molecule has 1 aromatic carbocycles. The lowest BCUT2D eigenvalue weighted by molar-refractivity contribution is -0.384. The lowest BCUT2D eigenvalue weighted by Crippen LogP contribution is -2.62. The van der Waals surface area contributed by atoms with Crippen LogP contribution < -0.4 is 4.90 Å². The minimum Gasteiger partial charge on any atom is -0.347 e. The Kier molecular flexibility index (Phi) is 2.96. The van der Waals surface area contributed by atoms with Crippen molar-refractivity contribution in [3.63, 3.8) is 0 Å². The molecule has 3 aliphatic rings. The molecule has 1 atom stereocenters. The number of amides is 1. The van der Waals surface area contributed by atoms with Gasteiger partial charge < -0.3 is 9.64 Å². The molecule has 25 heavy (non-hydrogen) atoms. The minimum absolute atomic E-state index is 0.0827. The van der Waals surface area contributed by atoms with Crippen molar-refractivity contribution >= 4 is 22.9 Å². The third-order valence-corrected chi connectivity index (χ3v) is 5.33. The van der Waals surface area contributed by atoms with Gasteiger partial charge in [0, 0.05) is 24.2 Å². The number of fused-ring (bicyclic) bond motifs is 2. The van der Waals surface area contributed by atoms with Crippen LogP contribution in [-0.4, -0.2) is 39.8 Å². The van der Waals surface area contributed by atoms with Gasteiger partial charge in [0.15, 0.2) is 0 Å². The van der Waals surface area contributed by atoms with Gasteiger partial charge in [0.05, 0.1) is 16.2 Å². The van der Waals surface area contributed by atoms with Crippen LogP contribution in [0, 0.1) is 10.1 Å². The molecule has 0 bridgehead atoms. The van der Waals surface area contributed by atoms with Crippen molar-refractivity contribution in [3.05, 3.63) is 40.0 Å². The summed E-state index contributed by atoms with van der Waals surface area (Å²) in [4.78, 5) is 28.0. The molecule has 132 valence electrons. The lowest BCUT2D eigenvalue weighted by atomic mass is 9.87. The molecule has 0 aromatic heterocycles. The molecule has 1 amide bonds. The maximum absolute atomic E-state index is 13.3. The van der Waals surface area contributed by atoms with Crippen LogP contribution in [0.25, 0.3) is 5.57 Å².